The third kappa shape index (κ3) is 3.97. The zero-order chi connectivity index (χ0) is 19.5. The van der Waals surface area contributed by atoms with Crippen LogP contribution in [0.2, 0.25) is 5.02 Å². The average Bonchev–Trinajstić information content (AvgIpc) is 3.22. The second-order valence-corrected chi connectivity index (χ2v) is 8.38. The van der Waals surface area contributed by atoms with Gasteiger partial charge in [0.2, 0.25) is 0 Å². The number of thiazole rings is 1. The van der Waals surface area contributed by atoms with E-state index < -0.39 is 0 Å². The lowest BCUT2D eigenvalue weighted by atomic mass is 9.98. The Morgan fingerprint density at radius 3 is 2.82 bits per heavy atom. The molecule has 0 fully saturated rings. The highest BCUT2D eigenvalue weighted by Crippen LogP contribution is 2.29. The van der Waals surface area contributed by atoms with Crippen LogP contribution in [0, 0.1) is 6.92 Å². The van der Waals surface area contributed by atoms with Gasteiger partial charge in [0.05, 0.1) is 22.1 Å². The number of carbonyl (C=O) groups is 1. The summed E-state index contributed by atoms with van der Waals surface area (Å²) in [6, 6.07) is 14.2. The number of aryl methyl sites for hydroxylation is 1. The molecule has 0 bridgehead atoms. The molecule has 0 spiro atoms. The lowest BCUT2D eigenvalue weighted by Gasteiger charge is -2.35. The van der Waals surface area contributed by atoms with Gasteiger partial charge in [0.1, 0.15) is 0 Å². The molecule has 0 saturated carbocycles. The van der Waals surface area contributed by atoms with Gasteiger partial charge in [-0.2, -0.15) is 0 Å². The Bertz CT molecular complexity index is 953. The van der Waals surface area contributed by atoms with E-state index in [2.05, 4.69) is 39.5 Å². The Balaban J connectivity index is 1.53. The van der Waals surface area contributed by atoms with Crippen molar-refractivity contribution in [1.29, 1.82) is 0 Å². The molecule has 1 aromatic heterocycles. The fraction of sp³-hybridized carbons (Fsp3) is 0.273. The van der Waals surface area contributed by atoms with Crippen LogP contribution in [-0.4, -0.2) is 28.9 Å². The lowest BCUT2D eigenvalue weighted by Crippen LogP contribution is -2.40. The zero-order valence-corrected chi connectivity index (χ0v) is 17.3. The number of rotatable bonds is 5. The summed E-state index contributed by atoms with van der Waals surface area (Å²) in [5.41, 5.74) is 6.05. The fourth-order valence-corrected chi connectivity index (χ4v) is 4.84. The number of amides is 1. The molecule has 4 nitrogen and oxygen atoms in total. The van der Waals surface area contributed by atoms with Crippen LogP contribution in [0.5, 0.6) is 0 Å². The maximum absolute atomic E-state index is 12.8. The molecule has 4 rings (SSSR count). The van der Waals surface area contributed by atoms with Gasteiger partial charge in [-0.3, -0.25) is 14.7 Å². The van der Waals surface area contributed by atoms with Crippen molar-refractivity contribution < 1.29 is 4.79 Å². The number of benzene rings is 2. The van der Waals surface area contributed by atoms with Gasteiger partial charge < -0.3 is 5.32 Å². The molecule has 2 heterocycles. The maximum Gasteiger partial charge on any atom is 0.253 e. The summed E-state index contributed by atoms with van der Waals surface area (Å²) in [4.78, 5) is 20.7. The molecule has 0 saturated heterocycles. The van der Waals surface area contributed by atoms with E-state index in [-0.39, 0.29) is 11.9 Å². The van der Waals surface area contributed by atoms with Gasteiger partial charge in [-0.25, -0.2) is 0 Å². The molecular formula is C22H22ClN3OS. The highest BCUT2D eigenvalue weighted by atomic mass is 35.5. The second kappa shape index (κ2) is 8.43. The standard InChI is InChI=1S/C22H22ClN3OS/c1-15-5-4-8-18(23)21(15)22(27)25-11-19(20-12-24-14-28-20)26-10-9-16-6-2-3-7-17(16)13-26/h2-8,12,14,19H,9-11,13H2,1H3,(H,25,27). The van der Waals surface area contributed by atoms with Crippen molar-refractivity contribution >= 4 is 28.8 Å². The van der Waals surface area contributed by atoms with Crippen molar-refractivity contribution in [2.24, 2.45) is 0 Å². The topological polar surface area (TPSA) is 45.2 Å². The Hall–Kier alpha value is -2.21. The van der Waals surface area contributed by atoms with E-state index in [0.29, 0.717) is 17.1 Å². The van der Waals surface area contributed by atoms with Gasteiger partial charge in [-0.15, -0.1) is 11.3 Å². The van der Waals surface area contributed by atoms with Crippen LogP contribution in [0.25, 0.3) is 0 Å². The number of nitrogens with one attached hydrogen (secondary N) is 1. The summed E-state index contributed by atoms with van der Waals surface area (Å²) in [5.74, 6) is -0.130. The van der Waals surface area contributed by atoms with E-state index in [0.717, 1.165) is 30.0 Å². The van der Waals surface area contributed by atoms with E-state index in [1.54, 1.807) is 17.4 Å². The summed E-state index contributed by atoms with van der Waals surface area (Å²) in [6.07, 6.45) is 2.92. The van der Waals surface area contributed by atoms with Gasteiger partial charge in [0.15, 0.2) is 0 Å². The minimum atomic E-state index is -0.130. The van der Waals surface area contributed by atoms with Gasteiger partial charge >= 0.3 is 0 Å². The minimum Gasteiger partial charge on any atom is -0.350 e. The molecule has 1 amide bonds. The molecule has 0 radical (unpaired) electrons. The zero-order valence-electron chi connectivity index (χ0n) is 15.7. The van der Waals surface area contributed by atoms with Crippen LogP contribution < -0.4 is 5.32 Å². The van der Waals surface area contributed by atoms with E-state index in [1.165, 1.54) is 11.1 Å². The Labute approximate surface area is 174 Å². The van der Waals surface area contributed by atoms with Gasteiger partial charge in [0.25, 0.3) is 5.91 Å². The van der Waals surface area contributed by atoms with Crippen LogP contribution in [0.3, 0.4) is 0 Å². The number of nitrogens with zero attached hydrogens (tertiary/aromatic N) is 2. The molecule has 1 N–H and O–H groups in total. The predicted octanol–water partition coefficient (Wildman–Crippen LogP) is 4.63. The number of hydrogen-bond acceptors (Lipinski definition) is 4. The van der Waals surface area contributed by atoms with Crippen LogP contribution in [0.1, 0.15) is 38.0 Å². The highest BCUT2D eigenvalue weighted by Gasteiger charge is 2.26. The Morgan fingerprint density at radius 1 is 1.25 bits per heavy atom. The van der Waals surface area contributed by atoms with Crippen LogP contribution in [0.15, 0.2) is 54.2 Å². The molecular weight excluding hydrogens is 390 g/mol. The maximum atomic E-state index is 12.8. The number of halogens is 1. The number of fused-ring (bicyclic) bond motifs is 1. The molecule has 144 valence electrons. The molecule has 0 aliphatic carbocycles. The smallest absolute Gasteiger partial charge is 0.253 e. The van der Waals surface area contributed by atoms with Crippen molar-refractivity contribution in [3.05, 3.63) is 86.3 Å². The first-order valence-corrected chi connectivity index (χ1v) is 10.6. The summed E-state index contributed by atoms with van der Waals surface area (Å²) < 4.78 is 0. The fourth-order valence-electron chi connectivity index (χ4n) is 3.78. The van der Waals surface area contributed by atoms with Crippen LogP contribution >= 0.6 is 22.9 Å². The largest absolute Gasteiger partial charge is 0.350 e. The summed E-state index contributed by atoms with van der Waals surface area (Å²) in [6.45, 7) is 4.26. The Morgan fingerprint density at radius 2 is 2.07 bits per heavy atom. The molecule has 6 heteroatoms. The monoisotopic (exact) mass is 411 g/mol. The SMILES string of the molecule is Cc1cccc(Cl)c1C(=O)NCC(c1cncs1)N1CCc2ccccc2C1. The van der Waals surface area contributed by atoms with Crippen molar-refractivity contribution in [3.63, 3.8) is 0 Å². The van der Waals surface area contributed by atoms with Crippen molar-refractivity contribution in [3.8, 4) is 0 Å². The normalized spacial score (nSPS) is 15.1. The van der Waals surface area contributed by atoms with E-state index in [4.69, 9.17) is 11.6 Å². The number of aromatic nitrogens is 1. The highest BCUT2D eigenvalue weighted by molar-refractivity contribution is 7.09. The molecule has 2 aromatic carbocycles. The first-order chi connectivity index (χ1) is 13.6. The summed E-state index contributed by atoms with van der Waals surface area (Å²) >= 11 is 7.89. The molecule has 3 aromatic rings. The minimum absolute atomic E-state index is 0.0904. The molecule has 1 aliphatic heterocycles. The van der Waals surface area contributed by atoms with E-state index in [9.17, 15) is 4.79 Å². The number of hydrogen-bond donors (Lipinski definition) is 1. The summed E-state index contributed by atoms with van der Waals surface area (Å²) in [5, 5.41) is 3.59. The third-order valence-electron chi connectivity index (χ3n) is 5.29. The molecule has 1 unspecified atom stereocenters. The first kappa shape index (κ1) is 19.1. The van der Waals surface area contributed by atoms with Crippen molar-refractivity contribution in [2.75, 3.05) is 13.1 Å². The first-order valence-electron chi connectivity index (χ1n) is 9.36. The van der Waals surface area contributed by atoms with Gasteiger partial charge in [-0.1, -0.05) is 48.0 Å². The quantitative estimate of drug-likeness (QED) is 0.665. The summed E-state index contributed by atoms with van der Waals surface area (Å²) in [7, 11) is 0. The number of carbonyl (C=O) groups excluding carboxylic acids is 1. The Kier molecular flexibility index (Phi) is 5.76. The molecule has 28 heavy (non-hydrogen) atoms. The van der Waals surface area contributed by atoms with Gasteiger partial charge in [-0.05, 0) is 36.1 Å². The predicted molar refractivity (Wildman–Crippen MR) is 114 cm³/mol. The van der Waals surface area contributed by atoms with Gasteiger partial charge in [0, 0.05) is 30.7 Å². The van der Waals surface area contributed by atoms with E-state index in [1.807, 2.05) is 30.8 Å². The van der Waals surface area contributed by atoms with Crippen LogP contribution in [0.4, 0.5) is 0 Å². The average molecular weight is 412 g/mol. The van der Waals surface area contributed by atoms with Crippen molar-refractivity contribution in [2.45, 2.75) is 25.9 Å². The lowest BCUT2D eigenvalue weighted by molar-refractivity contribution is 0.0928. The molecule has 1 aliphatic rings. The van der Waals surface area contributed by atoms with E-state index >= 15 is 0 Å². The molecule has 1 atom stereocenters. The van der Waals surface area contributed by atoms with Crippen LogP contribution in [-0.2, 0) is 13.0 Å². The van der Waals surface area contributed by atoms with Crippen molar-refractivity contribution in [1.82, 2.24) is 15.2 Å². The third-order valence-corrected chi connectivity index (χ3v) is 6.48. The second-order valence-electron chi connectivity index (χ2n) is 7.05.